The maximum Gasteiger partial charge on any atom is 0.244 e. The van der Waals surface area contributed by atoms with Crippen molar-refractivity contribution >= 4 is 10.0 Å². The fourth-order valence-electron chi connectivity index (χ4n) is 3.09. The monoisotopic (exact) mass is 385 g/mol. The van der Waals surface area contributed by atoms with Crippen LogP contribution in [-0.2, 0) is 10.0 Å². The van der Waals surface area contributed by atoms with Crippen LogP contribution in [0.1, 0.15) is 29.9 Å². The van der Waals surface area contributed by atoms with Crippen molar-refractivity contribution in [2.24, 2.45) is 0 Å². The van der Waals surface area contributed by atoms with E-state index in [0.29, 0.717) is 11.4 Å². The molecule has 0 saturated carbocycles. The van der Waals surface area contributed by atoms with Gasteiger partial charge in [0.1, 0.15) is 10.6 Å². The molecule has 1 unspecified atom stereocenters. The number of para-hydroxylation sites is 1. The average Bonchev–Trinajstić information content (AvgIpc) is 2.97. The van der Waals surface area contributed by atoms with Gasteiger partial charge in [0, 0.05) is 6.04 Å². The van der Waals surface area contributed by atoms with Gasteiger partial charge in [-0.3, -0.25) is 0 Å². The van der Waals surface area contributed by atoms with Crippen LogP contribution in [0.4, 0.5) is 0 Å². The Bertz CT molecular complexity index is 1030. The second-order valence-corrected chi connectivity index (χ2v) is 8.01. The topological polar surface area (TPSA) is 73.2 Å². The molecule has 1 heterocycles. The molecule has 7 heteroatoms. The van der Waals surface area contributed by atoms with E-state index in [9.17, 15) is 8.42 Å². The second-order valence-electron chi connectivity index (χ2n) is 6.36. The molecule has 3 rings (SSSR count). The first kappa shape index (κ1) is 19.1. The first-order chi connectivity index (χ1) is 12.8. The molecule has 142 valence electrons. The highest BCUT2D eigenvalue weighted by Gasteiger charge is 2.27. The van der Waals surface area contributed by atoms with Gasteiger partial charge in [0.2, 0.25) is 10.0 Å². The number of aryl methyl sites for hydroxylation is 1. The lowest BCUT2D eigenvalue weighted by Crippen LogP contribution is -2.27. The third-order valence-corrected chi connectivity index (χ3v) is 6.23. The summed E-state index contributed by atoms with van der Waals surface area (Å²) in [5.74, 6) is 0.727. The molecule has 6 nitrogen and oxygen atoms in total. The lowest BCUT2D eigenvalue weighted by Gasteiger charge is -2.15. The van der Waals surface area contributed by atoms with Crippen LogP contribution in [0, 0.1) is 13.8 Å². The Balaban J connectivity index is 1.91. The number of hydrogen-bond donors (Lipinski definition) is 1. The Morgan fingerprint density at radius 1 is 1.04 bits per heavy atom. The largest absolute Gasteiger partial charge is 0.497 e. The SMILES string of the molecule is COc1ccc(C(C)NS(=O)(=O)c2c(C)nn(-c3ccccc3)c2C)cc1. The van der Waals surface area contributed by atoms with Gasteiger partial charge >= 0.3 is 0 Å². The Hall–Kier alpha value is -2.64. The van der Waals surface area contributed by atoms with E-state index in [4.69, 9.17) is 4.74 Å². The van der Waals surface area contributed by atoms with Gasteiger partial charge in [-0.2, -0.15) is 5.10 Å². The highest BCUT2D eigenvalue weighted by molar-refractivity contribution is 7.89. The van der Waals surface area contributed by atoms with E-state index in [0.717, 1.165) is 17.0 Å². The molecule has 3 aromatic rings. The number of ether oxygens (including phenoxy) is 1. The summed E-state index contributed by atoms with van der Waals surface area (Å²) in [7, 11) is -2.14. The molecule has 0 aliphatic rings. The molecular weight excluding hydrogens is 362 g/mol. The summed E-state index contributed by atoms with van der Waals surface area (Å²) in [5.41, 5.74) is 2.71. The summed E-state index contributed by atoms with van der Waals surface area (Å²) in [4.78, 5) is 0.215. The van der Waals surface area contributed by atoms with Crippen molar-refractivity contribution < 1.29 is 13.2 Å². The lowest BCUT2D eigenvalue weighted by atomic mass is 10.1. The summed E-state index contributed by atoms with van der Waals surface area (Å²) in [6, 6.07) is 16.4. The zero-order valence-electron chi connectivity index (χ0n) is 15.8. The highest BCUT2D eigenvalue weighted by atomic mass is 32.2. The number of rotatable bonds is 6. The van der Waals surface area contributed by atoms with Crippen LogP contribution in [0.3, 0.4) is 0 Å². The maximum absolute atomic E-state index is 13.0. The molecule has 0 aliphatic carbocycles. The van der Waals surface area contributed by atoms with Gasteiger partial charge in [0.25, 0.3) is 0 Å². The average molecular weight is 385 g/mol. The van der Waals surface area contributed by atoms with E-state index < -0.39 is 10.0 Å². The predicted octanol–water partition coefficient (Wildman–Crippen LogP) is 3.54. The zero-order valence-corrected chi connectivity index (χ0v) is 16.6. The molecule has 0 bridgehead atoms. The quantitative estimate of drug-likeness (QED) is 0.704. The smallest absolute Gasteiger partial charge is 0.244 e. The standard InChI is InChI=1S/C20H23N3O3S/c1-14(17-10-12-19(26-4)13-11-17)22-27(24,25)20-15(2)21-23(16(20)3)18-8-6-5-7-9-18/h5-14,22H,1-4H3. The fraction of sp³-hybridized carbons (Fsp3) is 0.250. The van der Waals surface area contributed by atoms with E-state index in [1.165, 1.54) is 0 Å². The molecule has 27 heavy (non-hydrogen) atoms. The molecule has 0 radical (unpaired) electrons. The molecule has 1 atom stereocenters. The number of nitrogens with zero attached hydrogens (tertiary/aromatic N) is 2. The van der Waals surface area contributed by atoms with Gasteiger partial charge < -0.3 is 4.74 Å². The van der Waals surface area contributed by atoms with Crippen LogP contribution in [0.5, 0.6) is 5.75 Å². The van der Waals surface area contributed by atoms with Gasteiger partial charge in [-0.15, -0.1) is 0 Å². The van der Waals surface area contributed by atoms with Crippen molar-refractivity contribution in [1.82, 2.24) is 14.5 Å². The summed E-state index contributed by atoms with van der Waals surface area (Å²) in [6.45, 7) is 5.28. The molecular formula is C20H23N3O3S. The molecule has 0 saturated heterocycles. The van der Waals surface area contributed by atoms with Gasteiger partial charge in [0.05, 0.1) is 24.2 Å². The molecule has 0 aliphatic heterocycles. The van der Waals surface area contributed by atoms with E-state index in [2.05, 4.69) is 9.82 Å². The summed E-state index contributed by atoms with van der Waals surface area (Å²) in [6.07, 6.45) is 0. The number of benzene rings is 2. The molecule has 1 aromatic heterocycles. The number of nitrogens with one attached hydrogen (secondary N) is 1. The van der Waals surface area contributed by atoms with Crippen LogP contribution < -0.4 is 9.46 Å². The van der Waals surface area contributed by atoms with Crippen LogP contribution in [0.25, 0.3) is 5.69 Å². The molecule has 0 fully saturated rings. The van der Waals surface area contributed by atoms with Gasteiger partial charge in [-0.25, -0.2) is 17.8 Å². The number of methoxy groups -OCH3 is 1. The van der Waals surface area contributed by atoms with Gasteiger partial charge in [0.15, 0.2) is 0 Å². The van der Waals surface area contributed by atoms with Gasteiger partial charge in [-0.1, -0.05) is 30.3 Å². The molecule has 0 amide bonds. The van der Waals surface area contributed by atoms with Gasteiger partial charge in [-0.05, 0) is 50.6 Å². The molecule has 1 N–H and O–H groups in total. The van der Waals surface area contributed by atoms with Crippen molar-refractivity contribution in [1.29, 1.82) is 0 Å². The van der Waals surface area contributed by atoms with Crippen molar-refractivity contribution in [3.05, 3.63) is 71.5 Å². The number of aromatic nitrogens is 2. The van der Waals surface area contributed by atoms with Crippen LogP contribution in [-0.4, -0.2) is 25.3 Å². The highest BCUT2D eigenvalue weighted by Crippen LogP contribution is 2.25. The minimum Gasteiger partial charge on any atom is -0.497 e. The Labute approximate surface area is 159 Å². The zero-order chi connectivity index (χ0) is 19.6. The summed E-state index contributed by atoms with van der Waals surface area (Å²) >= 11 is 0. The van der Waals surface area contributed by atoms with Crippen LogP contribution in [0.15, 0.2) is 59.5 Å². The Morgan fingerprint density at radius 2 is 1.67 bits per heavy atom. The first-order valence-corrected chi connectivity index (χ1v) is 10.1. The minimum atomic E-state index is -3.74. The van der Waals surface area contributed by atoms with Crippen molar-refractivity contribution in [3.63, 3.8) is 0 Å². The summed E-state index contributed by atoms with van der Waals surface area (Å²) in [5, 5.41) is 4.43. The Morgan fingerprint density at radius 3 is 2.26 bits per heavy atom. The van der Waals surface area contributed by atoms with Crippen molar-refractivity contribution in [2.45, 2.75) is 31.7 Å². The van der Waals surface area contributed by atoms with Crippen molar-refractivity contribution in [3.8, 4) is 11.4 Å². The second kappa shape index (κ2) is 7.54. The normalized spacial score (nSPS) is 12.7. The summed E-state index contributed by atoms with van der Waals surface area (Å²) < 4.78 is 35.6. The van der Waals surface area contributed by atoms with E-state index in [1.54, 1.807) is 25.6 Å². The van der Waals surface area contributed by atoms with E-state index in [-0.39, 0.29) is 10.9 Å². The minimum absolute atomic E-state index is 0.215. The van der Waals surface area contributed by atoms with Crippen LogP contribution in [0.2, 0.25) is 0 Å². The third kappa shape index (κ3) is 3.89. The molecule has 2 aromatic carbocycles. The Kier molecular flexibility index (Phi) is 5.34. The lowest BCUT2D eigenvalue weighted by molar-refractivity contribution is 0.414. The predicted molar refractivity (Wildman–Crippen MR) is 105 cm³/mol. The van der Waals surface area contributed by atoms with E-state index in [1.807, 2.05) is 61.5 Å². The number of hydrogen-bond acceptors (Lipinski definition) is 4. The fourth-order valence-corrected chi connectivity index (χ4v) is 4.71. The van der Waals surface area contributed by atoms with Crippen molar-refractivity contribution in [2.75, 3.05) is 7.11 Å². The molecule has 0 spiro atoms. The number of sulfonamides is 1. The van der Waals surface area contributed by atoms with Crippen LogP contribution >= 0.6 is 0 Å². The third-order valence-electron chi connectivity index (χ3n) is 4.44. The first-order valence-electron chi connectivity index (χ1n) is 8.61. The maximum atomic E-state index is 13.0. The van der Waals surface area contributed by atoms with E-state index >= 15 is 0 Å².